The number of aromatic nitrogens is 3. The topological polar surface area (TPSA) is 45.9 Å². The molecule has 2 aliphatic heterocycles. The number of hydrogen-bond acceptors (Lipinski definition) is 5. The van der Waals surface area contributed by atoms with Crippen LogP contribution in [0.4, 0.5) is 5.69 Å². The number of anilines is 1. The van der Waals surface area contributed by atoms with Gasteiger partial charge in [0.1, 0.15) is 0 Å². The molecule has 0 aliphatic carbocycles. The normalized spacial score (nSPS) is 20.7. The molecule has 0 amide bonds. The van der Waals surface area contributed by atoms with Crippen LogP contribution in [0.15, 0.2) is 36.5 Å². The lowest BCUT2D eigenvalue weighted by Crippen LogP contribution is -2.36. The fourth-order valence-corrected chi connectivity index (χ4v) is 4.90. The third-order valence-corrected chi connectivity index (χ3v) is 6.27. The van der Waals surface area contributed by atoms with E-state index >= 15 is 0 Å². The standard InChI is InChI=1S/C24H31N5O/c1-18-12-19(2)14-20(13-18)15-27-7-3-4-21(16-27)24-25-23-6-5-22(17-29(23)26-24)28-8-10-30-11-9-28/h5-6,12-14,17,21H,3-4,7-11,15-16H2,1-2H3/t21-/m0/s1. The third kappa shape index (κ3) is 4.20. The van der Waals surface area contributed by atoms with Crippen LogP contribution < -0.4 is 4.90 Å². The summed E-state index contributed by atoms with van der Waals surface area (Å²) in [6, 6.07) is 11.1. The van der Waals surface area contributed by atoms with Crippen molar-refractivity contribution in [3.63, 3.8) is 0 Å². The van der Waals surface area contributed by atoms with Crippen LogP contribution in [0.5, 0.6) is 0 Å². The van der Waals surface area contributed by atoms with Crippen molar-refractivity contribution in [1.82, 2.24) is 19.5 Å². The van der Waals surface area contributed by atoms with Crippen molar-refractivity contribution in [3.8, 4) is 0 Å². The lowest BCUT2D eigenvalue weighted by Gasteiger charge is -2.31. The van der Waals surface area contributed by atoms with E-state index in [2.05, 4.69) is 60.2 Å². The summed E-state index contributed by atoms with van der Waals surface area (Å²) >= 11 is 0. The van der Waals surface area contributed by atoms with Crippen molar-refractivity contribution >= 4 is 11.3 Å². The number of aryl methyl sites for hydroxylation is 2. The van der Waals surface area contributed by atoms with E-state index in [0.717, 1.165) is 63.8 Å². The van der Waals surface area contributed by atoms with Crippen LogP contribution in [-0.4, -0.2) is 58.9 Å². The van der Waals surface area contributed by atoms with Gasteiger partial charge in [-0.05, 0) is 50.9 Å². The second-order valence-corrected chi connectivity index (χ2v) is 8.83. The smallest absolute Gasteiger partial charge is 0.156 e. The van der Waals surface area contributed by atoms with Gasteiger partial charge in [-0.2, -0.15) is 5.10 Å². The highest BCUT2D eigenvalue weighted by molar-refractivity contribution is 5.51. The van der Waals surface area contributed by atoms with Crippen LogP contribution in [0.3, 0.4) is 0 Å². The molecular formula is C24H31N5O. The summed E-state index contributed by atoms with van der Waals surface area (Å²) in [4.78, 5) is 9.79. The third-order valence-electron chi connectivity index (χ3n) is 6.27. The molecule has 1 atom stereocenters. The van der Waals surface area contributed by atoms with Gasteiger partial charge in [0, 0.05) is 32.1 Å². The molecule has 6 nitrogen and oxygen atoms in total. The highest BCUT2D eigenvalue weighted by atomic mass is 16.5. The number of rotatable bonds is 4. The highest BCUT2D eigenvalue weighted by Gasteiger charge is 2.25. The molecule has 1 aromatic carbocycles. The Morgan fingerprint density at radius 3 is 2.63 bits per heavy atom. The zero-order valence-electron chi connectivity index (χ0n) is 18.0. The largest absolute Gasteiger partial charge is 0.378 e. The summed E-state index contributed by atoms with van der Waals surface area (Å²) < 4.78 is 7.44. The molecule has 6 heteroatoms. The van der Waals surface area contributed by atoms with E-state index in [1.165, 1.54) is 28.8 Å². The second kappa shape index (κ2) is 8.36. The van der Waals surface area contributed by atoms with Gasteiger partial charge in [-0.1, -0.05) is 29.3 Å². The molecule has 0 spiro atoms. The summed E-state index contributed by atoms with van der Waals surface area (Å²) in [7, 11) is 0. The first-order valence-corrected chi connectivity index (χ1v) is 11.1. The van der Waals surface area contributed by atoms with Crippen molar-refractivity contribution in [3.05, 3.63) is 59.0 Å². The molecule has 2 fully saturated rings. The molecule has 0 unspecified atom stereocenters. The monoisotopic (exact) mass is 405 g/mol. The van der Waals surface area contributed by atoms with Gasteiger partial charge in [0.25, 0.3) is 0 Å². The Balaban J connectivity index is 1.31. The van der Waals surface area contributed by atoms with Crippen LogP contribution in [0.1, 0.15) is 41.3 Å². The van der Waals surface area contributed by atoms with Crippen molar-refractivity contribution in [2.24, 2.45) is 0 Å². The molecule has 0 bridgehead atoms. The van der Waals surface area contributed by atoms with Gasteiger partial charge in [-0.15, -0.1) is 0 Å². The van der Waals surface area contributed by atoms with E-state index in [4.69, 9.17) is 14.8 Å². The van der Waals surface area contributed by atoms with Crippen molar-refractivity contribution in [1.29, 1.82) is 0 Å². The van der Waals surface area contributed by atoms with E-state index in [9.17, 15) is 0 Å². The number of piperidine rings is 1. The molecule has 0 N–H and O–H groups in total. The zero-order chi connectivity index (χ0) is 20.5. The van der Waals surface area contributed by atoms with Crippen LogP contribution in [0.25, 0.3) is 5.65 Å². The first-order valence-electron chi connectivity index (χ1n) is 11.1. The molecule has 4 heterocycles. The predicted molar refractivity (Wildman–Crippen MR) is 119 cm³/mol. The van der Waals surface area contributed by atoms with Gasteiger partial charge < -0.3 is 9.64 Å². The van der Waals surface area contributed by atoms with Crippen molar-refractivity contribution in [2.75, 3.05) is 44.3 Å². The Kier molecular flexibility index (Phi) is 5.44. The maximum atomic E-state index is 5.48. The van der Waals surface area contributed by atoms with Crippen LogP contribution in [-0.2, 0) is 11.3 Å². The molecular weight excluding hydrogens is 374 g/mol. The number of likely N-dealkylation sites (tertiary alicyclic amines) is 1. The number of benzene rings is 1. The lowest BCUT2D eigenvalue weighted by atomic mass is 9.96. The summed E-state index contributed by atoms with van der Waals surface area (Å²) in [5, 5.41) is 4.88. The van der Waals surface area contributed by atoms with Gasteiger partial charge >= 0.3 is 0 Å². The Hall–Kier alpha value is -2.44. The molecule has 0 radical (unpaired) electrons. The number of nitrogens with zero attached hydrogens (tertiary/aromatic N) is 5. The first-order chi connectivity index (χ1) is 14.6. The molecule has 30 heavy (non-hydrogen) atoms. The maximum absolute atomic E-state index is 5.48. The molecule has 2 saturated heterocycles. The lowest BCUT2D eigenvalue weighted by molar-refractivity contribution is 0.122. The minimum Gasteiger partial charge on any atom is -0.378 e. The summed E-state index contributed by atoms with van der Waals surface area (Å²) in [6.45, 7) is 11.0. The van der Waals surface area contributed by atoms with Crippen LogP contribution in [0.2, 0.25) is 0 Å². The number of hydrogen-bond donors (Lipinski definition) is 0. The van der Waals surface area contributed by atoms with E-state index in [1.807, 2.05) is 4.52 Å². The first kappa shape index (κ1) is 19.5. The fraction of sp³-hybridized carbons (Fsp3) is 0.500. The van der Waals surface area contributed by atoms with Gasteiger partial charge in [0.05, 0.1) is 25.1 Å². The number of ether oxygens (including phenoxy) is 1. The number of morpholine rings is 1. The van der Waals surface area contributed by atoms with Gasteiger partial charge in [-0.25, -0.2) is 9.50 Å². The average molecular weight is 406 g/mol. The SMILES string of the molecule is Cc1cc(C)cc(CN2CCC[C@H](c3nc4ccc(N5CCOCC5)cn4n3)C2)c1. The molecule has 0 saturated carbocycles. The quantitative estimate of drug-likeness (QED) is 0.664. The second-order valence-electron chi connectivity index (χ2n) is 8.83. The van der Waals surface area contributed by atoms with Gasteiger partial charge in [-0.3, -0.25) is 4.90 Å². The van der Waals surface area contributed by atoms with Crippen molar-refractivity contribution in [2.45, 2.75) is 39.2 Å². The Labute approximate surface area is 178 Å². The van der Waals surface area contributed by atoms with Crippen molar-refractivity contribution < 1.29 is 4.74 Å². The van der Waals surface area contributed by atoms with Gasteiger partial charge in [0.2, 0.25) is 0 Å². The highest BCUT2D eigenvalue weighted by Crippen LogP contribution is 2.27. The summed E-state index contributed by atoms with van der Waals surface area (Å²) in [5.74, 6) is 1.38. The molecule has 2 aromatic heterocycles. The molecule has 158 valence electrons. The predicted octanol–water partition coefficient (Wildman–Crippen LogP) is 3.56. The minimum absolute atomic E-state index is 0.399. The number of fused-ring (bicyclic) bond motifs is 1. The Morgan fingerprint density at radius 1 is 1.03 bits per heavy atom. The molecule has 3 aromatic rings. The molecule has 5 rings (SSSR count). The Bertz CT molecular complexity index is 1000. The fourth-order valence-electron chi connectivity index (χ4n) is 4.90. The summed E-state index contributed by atoms with van der Waals surface area (Å²) in [6.07, 6.45) is 4.48. The summed E-state index contributed by atoms with van der Waals surface area (Å²) in [5.41, 5.74) is 6.23. The minimum atomic E-state index is 0.399. The van der Waals surface area contributed by atoms with Crippen LogP contribution in [0, 0.1) is 13.8 Å². The Morgan fingerprint density at radius 2 is 1.83 bits per heavy atom. The van der Waals surface area contributed by atoms with Crippen LogP contribution >= 0.6 is 0 Å². The molecule has 2 aliphatic rings. The maximum Gasteiger partial charge on any atom is 0.156 e. The van der Waals surface area contributed by atoms with E-state index < -0.39 is 0 Å². The van der Waals surface area contributed by atoms with E-state index in [-0.39, 0.29) is 0 Å². The zero-order valence-corrected chi connectivity index (χ0v) is 18.0. The van der Waals surface area contributed by atoms with E-state index in [0.29, 0.717) is 5.92 Å². The van der Waals surface area contributed by atoms with E-state index in [1.54, 1.807) is 0 Å². The number of pyridine rings is 1. The van der Waals surface area contributed by atoms with Gasteiger partial charge in [0.15, 0.2) is 11.5 Å². The average Bonchev–Trinajstić information content (AvgIpc) is 3.17.